The van der Waals surface area contributed by atoms with Crippen LogP contribution in [0.15, 0.2) is 17.6 Å². The lowest BCUT2D eigenvalue weighted by Gasteiger charge is -2.31. The van der Waals surface area contributed by atoms with Gasteiger partial charge in [-0.1, -0.05) is 12.1 Å². The van der Waals surface area contributed by atoms with Gasteiger partial charge in [0.05, 0.1) is 0 Å². The zero-order chi connectivity index (χ0) is 20.6. The molecule has 0 radical (unpaired) electrons. The first-order valence-electron chi connectivity index (χ1n) is 10.7. The molecule has 1 aliphatic heterocycles. The number of nitrogens with one attached hydrogen (secondary N) is 2. The summed E-state index contributed by atoms with van der Waals surface area (Å²) in [4.78, 5) is 14.8. The number of hydrogen-bond donors (Lipinski definition) is 2. The lowest BCUT2D eigenvalue weighted by atomic mass is 9.95. The van der Waals surface area contributed by atoms with Crippen LogP contribution in [0.1, 0.15) is 61.3 Å². The van der Waals surface area contributed by atoms with Gasteiger partial charge in [-0.05, 0) is 101 Å². The van der Waals surface area contributed by atoms with Crippen LogP contribution in [0.4, 0.5) is 10.5 Å². The third kappa shape index (κ3) is 4.21. The molecular formula is C22H31N3O3S. The summed E-state index contributed by atoms with van der Waals surface area (Å²) in [6.07, 6.45) is 10.6. The van der Waals surface area contributed by atoms with E-state index in [0.29, 0.717) is 6.42 Å². The van der Waals surface area contributed by atoms with Crippen LogP contribution >= 0.6 is 0 Å². The molecule has 2 N–H and O–H groups in total. The second-order valence-electron chi connectivity index (χ2n) is 8.93. The molecular weight excluding hydrogens is 386 g/mol. The number of amides is 2. The van der Waals surface area contributed by atoms with Gasteiger partial charge in [-0.25, -0.2) is 17.9 Å². The van der Waals surface area contributed by atoms with E-state index in [1.165, 1.54) is 22.3 Å². The molecule has 7 heteroatoms. The Kier molecular flexibility index (Phi) is 5.46. The molecule has 1 aromatic rings. The molecule has 2 amide bonds. The van der Waals surface area contributed by atoms with Gasteiger partial charge in [0.1, 0.15) is 0 Å². The molecule has 1 aromatic carbocycles. The highest BCUT2D eigenvalue weighted by molar-refractivity contribution is 7.92. The van der Waals surface area contributed by atoms with Gasteiger partial charge in [-0.15, -0.1) is 0 Å². The molecule has 0 aromatic heterocycles. The van der Waals surface area contributed by atoms with E-state index in [2.05, 4.69) is 35.0 Å². The number of fused-ring (bicyclic) bond motifs is 2. The smallest absolute Gasteiger partial charge is 0.307 e. The van der Waals surface area contributed by atoms with Crippen molar-refractivity contribution in [2.24, 2.45) is 0 Å². The summed E-state index contributed by atoms with van der Waals surface area (Å²) in [7, 11) is -1.76. The van der Waals surface area contributed by atoms with Gasteiger partial charge in [-0.2, -0.15) is 0 Å². The van der Waals surface area contributed by atoms with Crippen molar-refractivity contribution in [1.29, 1.82) is 0 Å². The van der Waals surface area contributed by atoms with Crippen LogP contribution in [-0.4, -0.2) is 38.5 Å². The summed E-state index contributed by atoms with van der Waals surface area (Å²) >= 11 is 0. The van der Waals surface area contributed by atoms with Gasteiger partial charge in [-0.3, -0.25) is 0 Å². The lowest BCUT2D eigenvalue weighted by Crippen LogP contribution is -2.37. The molecule has 0 bridgehead atoms. The van der Waals surface area contributed by atoms with Crippen LogP contribution in [0.3, 0.4) is 0 Å². The fraction of sp³-hybridized carbons (Fsp3) is 0.591. The Labute approximate surface area is 173 Å². The number of carbonyl (C=O) groups excluding carboxylic acids is 1. The zero-order valence-corrected chi connectivity index (χ0v) is 18.2. The summed E-state index contributed by atoms with van der Waals surface area (Å²) in [6.45, 7) is 3.18. The maximum Gasteiger partial charge on any atom is 0.333 e. The van der Waals surface area contributed by atoms with Gasteiger partial charge in [0.25, 0.3) is 10.0 Å². The molecule has 6 nitrogen and oxygen atoms in total. The maximum atomic E-state index is 12.5. The monoisotopic (exact) mass is 417 g/mol. The molecule has 4 rings (SSSR count). The van der Waals surface area contributed by atoms with E-state index in [4.69, 9.17) is 0 Å². The predicted octanol–water partition coefficient (Wildman–Crippen LogP) is 3.50. The second-order valence-corrected chi connectivity index (χ2v) is 10.5. The van der Waals surface area contributed by atoms with E-state index in [0.717, 1.165) is 69.0 Å². The normalized spacial score (nSPS) is 24.1. The minimum Gasteiger partial charge on any atom is -0.307 e. The third-order valence-electron chi connectivity index (χ3n) is 6.91. The summed E-state index contributed by atoms with van der Waals surface area (Å²) in [5.41, 5.74) is 5.82. The van der Waals surface area contributed by atoms with E-state index in [9.17, 15) is 13.2 Å². The maximum absolute atomic E-state index is 12.5. The Morgan fingerprint density at radius 2 is 1.79 bits per heavy atom. The Morgan fingerprint density at radius 3 is 2.38 bits per heavy atom. The molecule has 3 aliphatic rings. The molecule has 1 fully saturated rings. The molecule has 158 valence electrons. The van der Waals surface area contributed by atoms with E-state index >= 15 is 0 Å². The molecule has 2 aliphatic carbocycles. The van der Waals surface area contributed by atoms with Crippen LogP contribution in [0.5, 0.6) is 0 Å². The lowest BCUT2D eigenvalue weighted by molar-refractivity contribution is 0.198. The van der Waals surface area contributed by atoms with Crippen LogP contribution in [-0.2, 0) is 35.7 Å². The second kappa shape index (κ2) is 7.76. The molecule has 1 atom stereocenters. The standard InChI is InChI=1S/C22H31N3O3S/c1-22(11-5-13-25(22)2)12-6-14-29(27,28)24-21(26)23-20-18-9-3-7-16(18)15-17-8-4-10-19(17)20/h6,14-15H,3-5,7-13H2,1-2H3,(H2,23,24,26)/b14-6+. The van der Waals surface area contributed by atoms with Crippen molar-refractivity contribution in [3.05, 3.63) is 39.8 Å². The van der Waals surface area contributed by atoms with Crippen molar-refractivity contribution in [2.75, 3.05) is 18.9 Å². The highest BCUT2D eigenvalue weighted by atomic mass is 32.2. The highest BCUT2D eigenvalue weighted by Gasteiger charge is 2.32. The fourth-order valence-corrected chi connectivity index (χ4v) is 5.84. The Morgan fingerprint density at radius 1 is 1.14 bits per heavy atom. The van der Waals surface area contributed by atoms with Crippen molar-refractivity contribution in [3.63, 3.8) is 0 Å². The number of anilines is 1. The number of sulfonamides is 1. The van der Waals surface area contributed by atoms with Crippen molar-refractivity contribution in [3.8, 4) is 0 Å². The Balaban J connectivity index is 1.43. The Bertz CT molecular complexity index is 922. The van der Waals surface area contributed by atoms with Gasteiger partial charge >= 0.3 is 6.03 Å². The van der Waals surface area contributed by atoms with Gasteiger partial charge in [0.2, 0.25) is 0 Å². The number of nitrogens with zero attached hydrogens (tertiary/aromatic N) is 1. The predicted molar refractivity (Wildman–Crippen MR) is 116 cm³/mol. The Hall–Kier alpha value is -1.86. The number of aryl methyl sites for hydroxylation is 2. The minimum atomic E-state index is -3.83. The van der Waals surface area contributed by atoms with Crippen molar-refractivity contribution in [1.82, 2.24) is 9.62 Å². The SMILES string of the molecule is CN1CCCC1(C)C/C=C/S(=O)(=O)NC(=O)Nc1c2c(cc3c1CCC3)CCC2. The van der Waals surface area contributed by atoms with Crippen LogP contribution < -0.4 is 10.0 Å². The first-order chi connectivity index (χ1) is 13.8. The van der Waals surface area contributed by atoms with Crippen molar-refractivity contribution >= 4 is 21.7 Å². The van der Waals surface area contributed by atoms with E-state index < -0.39 is 16.1 Å². The number of likely N-dealkylation sites (tertiary alicyclic amines) is 1. The number of carbonyl (C=O) groups is 1. The summed E-state index contributed by atoms with van der Waals surface area (Å²) in [6, 6.07) is 1.61. The quantitative estimate of drug-likeness (QED) is 0.769. The van der Waals surface area contributed by atoms with Gasteiger partial charge < -0.3 is 10.2 Å². The average molecular weight is 418 g/mol. The van der Waals surface area contributed by atoms with Crippen LogP contribution in [0.25, 0.3) is 0 Å². The summed E-state index contributed by atoms with van der Waals surface area (Å²) in [5.74, 6) is 0. The third-order valence-corrected chi connectivity index (χ3v) is 7.93. The van der Waals surface area contributed by atoms with Crippen LogP contribution in [0.2, 0.25) is 0 Å². The first kappa shape index (κ1) is 20.4. The van der Waals surface area contributed by atoms with Gasteiger partial charge in [0, 0.05) is 16.6 Å². The molecule has 29 heavy (non-hydrogen) atoms. The van der Waals surface area contributed by atoms with E-state index in [-0.39, 0.29) is 5.54 Å². The van der Waals surface area contributed by atoms with Gasteiger partial charge in [0.15, 0.2) is 0 Å². The molecule has 1 saturated heterocycles. The number of hydrogen-bond acceptors (Lipinski definition) is 4. The number of benzene rings is 1. The zero-order valence-electron chi connectivity index (χ0n) is 17.4. The highest BCUT2D eigenvalue weighted by Crippen LogP contribution is 2.38. The largest absolute Gasteiger partial charge is 0.333 e. The number of rotatable bonds is 5. The molecule has 1 unspecified atom stereocenters. The summed E-state index contributed by atoms with van der Waals surface area (Å²) < 4.78 is 26.9. The molecule has 0 spiro atoms. The van der Waals surface area contributed by atoms with Crippen molar-refractivity contribution in [2.45, 2.75) is 70.3 Å². The van der Waals surface area contributed by atoms with Crippen LogP contribution in [0, 0.1) is 0 Å². The number of urea groups is 1. The van der Waals surface area contributed by atoms with E-state index in [1.807, 2.05) is 0 Å². The van der Waals surface area contributed by atoms with E-state index in [1.54, 1.807) is 6.08 Å². The first-order valence-corrected chi connectivity index (χ1v) is 12.2. The minimum absolute atomic E-state index is 0.0145. The molecule has 1 heterocycles. The summed E-state index contributed by atoms with van der Waals surface area (Å²) in [5, 5.41) is 4.00. The van der Waals surface area contributed by atoms with Crippen molar-refractivity contribution < 1.29 is 13.2 Å². The fourth-order valence-electron chi connectivity index (χ4n) is 5.11. The average Bonchev–Trinajstić information content (AvgIpc) is 3.35. The molecule has 0 saturated carbocycles. The topological polar surface area (TPSA) is 78.5 Å².